The van der Waals surface area contributed by atoms with Crippen LogP contribution in [-0.2, 0) is 0 Å². The lowest BCUT2D eigenvalue weighted by Crippen LogP contribution is -2.01. The minimum absolute atomic E-state index is 0.615. The zero-order valence-corrected chi connectivity index (χ0v) is 37.6. The maximum absolute atomic E-state index is 5.31. The molecular formula is C63H40N4S. The van der Waals surface area contributed by atoms with Gasteiger partial charge in [-0.05, 0) is 105 Å². The lowest BCUT2D eigenvalue weighted by molar-refractivity contribution is 1.07. The van der Waals surface area contributed by atoms with E-state index in [4.69, 9.17) is 15.0 Å². The van der Waals surface area contributed by atoms with Crippen molar-refractivity contribution in [3.05, 3.63) is 243 Å². The van der Waals surface area contributed by atoms with Crippen LogP contribution in [-0.4, -0.2) is 19.5 Å². The van der Waals surface area contributed by atoms with Gasteiger partial charge in [-0.2, -0.15) is 0 Å². The molecule has 0 amide bonds. The van der Waals surface area contributed by atoms with E-state index in [1.807, 2.05) is 47.7 Å². The van der Waals surface area contributed by atoms with Gasteiger partial charge in [0, 0.05) is 53.3 Å². The van der Waals surface area contributed by atoms with Crippen molar-refractivity contribution in [3.63, 3.8) is 0 Å². The third-order valence-corrected chi connectivity index (χ3v) is 14.1. The topological polar surface area (TPSA) is 43.6 Å². The summed E-state index contributed by atoms with van der Waals surface area (Å²) in [4.78, 5) is 15.7. The second-order valence-corrected chi connectivity index (χ2v) is 18.3. The molecule has 3 heterocycles. The summed E-state index contributed by atoms with van der Waals surface area (Å²) in [6.07, 6.45) is 0. The van der Waals surface area contributed by atoms with Crippen LogP contribution in [0.25, 0.3) is 126 Å². The van der Waals surface area contributed by atoms with Gasteiger partial charge < -0.3 is 4.57 Å². The molecule has 0 aliphatic heterocycles. The first-order valence-electron chi connectivity index (χ1n) is 22.9. The zero-order chi connectivity index (χ0) is 45.0. The molecule has 4 nitrogen and oxygen atoms in total. The number of nitrogens with zero attached hydrogens (tertiary/aromatic N) is 4. The molecule has 68 heavy (non-hydrogen) atoms. The highest BCUT2D eigenvalue weighted by molar-refractivity contribution is 7.26. The smallest absolute Gasteiger partial charge is 0.164 e. The van der Waals surface area contributed by atoms with E-state index < -0.39 is 0 Å². The van der Waals surface area contributed by atoms with E-state index in [-0.39, 0.29) is 0 Å². The molecule has 0 unspecified atom stereocenters. The molecule has 0 atom stereocenters. The summed E-state index contributed by atoms with van der Waals surface area (Å²) in [5, 5.41) is 5.01. The van der Waals surface area contributed by atoms with Crippen LogP contribution in [0, 0.1) is 0 Å². The Morgan fingerprint density at radius 1 is 0.265 bits per heavy atom. The lowest BCUT2D eigenvalue weighted by atomic mass is 9.90. The SMILES string of the molecule is c1ccc(-c2cc(-c3ccccc3)cc(-c3ccc(-c4ccc5c(c4)sc4cc6c(cc45)c4ccccc4n6-c4ccccc4)c(-c4nc(-c5ccccc5)nc(-c5ccccc5)n4)c3)c2)cc1. The molecule has 0 radical (unpaired) electrons. The Morgan fingerprint density at radius 3 is 1.38 bits per heavy atom. The molecule has 0 bridgehead atoms. The molecule has 318 valence electrons. The van der Waals surface area contributed by atoms with Crippen LogP contribution in [0.3, 0.4) is 0 Å². The van der Waals surface area contributed by atoms with Gasteiger partial charge in [-0.1, -0.05) is 182 Å². The van der Waals surface area contributed by atoms with Crippen LogP contribution in [0.4, 0.5) is 0 Å². The molecule has 0 fully saturated rings. The molecule has 0 aliphatic rings. The van der Waals surface area contributed by atoms with E-state index in [1.165, 1.54) is 53.1 Å². The third kappa shape index (κ3) is 7.05. The zero-order valence-electron chi connectivity index (χ0n) is 36.8. The highest BCUT2D eigenvalue weighted by atomic mass is 32.1. The van der Waals surface area contributed by atoms with Gasteiger partial charge in [0.2, 0.25) is 0 Å². The average molecular weight is 885 g/mol. The first-order chi connectivity index (χ1) is 33.7. The number of fused-ring (bicyclic) bond motifs is 6. The number of hydrogen-bond acceptors (Lipinski definition) is 4. The van der Waals surface area contributed by atoms with Gasteiger partial charge in [-0.25, -0.2) is 15.0 Å². The van der Waals surface area contributed by atoms with E-state index in [2.05, 4.69) is 211 Å². The molecule has 10 aromatic carbocycles. The van der Waals surface area contributed by atoms with Gasteiger partial charge in [-0.3, -0.25) is 0 Å². The monoisotopic (exact) mass is 884 g/mol. The Morgan fingerprint density at radius 2 is 0.765 bits per heavy atom. The van der Waals surface area contributed by atoms with Crippen molar-refractivity contribution in [2.24, 2.45) is 0 Å². The highest BCUT2D eigenvalue weighted by Crippen LogP contribution is 2.44. The number of para-hydroxylation sites is 2. The molecule has 0 aliphatic carbocycles. The highest BCUT2D eigenvalue weighted by Gasteiger charge is 2.20. The van der Waals surface area contributed by atoms with E-state index in [1.54, 1.807) is 0 Å². The third-order valence-electron chi connectivity index (χ3n) is 13.0. The average Bonchev–Trinajstić information content (AvgIpc) is 3.95. The summed E-state index contributed by atoms with van der Waals surface area (Å²) in [5.41, 5.74) is 15.3. The van der Waals surface area contributed by atoms with Crippen molar-refractivity contribution in [2.45, 2.75) is 0 Å². The maximum Gasteiger partial charge on any atom is 0.164 e. The van der Waals surface area contributed by atoms with Crippen molar-refractivity contribution < 1.29 is 0 Å². The molecule has 13 aromatic rings. The van der Waals surface area contributed by atoms with Gasteiger partial charge in [0.25, 0.3) is 0 Å². The lowest BCUT2D eigenvalue weighted by Gasteiger charge is -2.16. The summed E-state index contributed by atoms with van der Waals surface area (Å²) < 4.78 is 4.88. The van der Waals surface area contributed by atoms with Crippen LogP contribution in [0.5, 0.6) is 0 Å². The van der Waals surface area contributed by atoms with Gasteiger partial charge in [0.1, 0.15) is 0 Å². The number of hydrogen-bond donors (Lipinski definition) is 0. The first-order valence-corrected chi connectivity index (χ1v) is 23.7. The van der Waals surface area contributed by atoms with Crippen LogP contribution in [0.2, 0.25) is 0 Å². The van der Waals surface area contributed by atoms with E-state index in [9.17, 15) is 0 Å². The van der Waals surface area contributed by atoms with Crippen LogP contribution in [0.15, 0.2) is 243 Å². The van der Waals surface area contributed by atoms with Crippen LogP contribution >= 0.6 is 11.3 Å². The molecule has 3 aromatic heterocycles. The van der Waals surface area contributed by atoms with Crippen molar-refractivity contribution in [2.75, 3.05) is 0 Å². The normalized spacial score (nSPS) is 11.5. The molecule has 5 heteroatoms. The van der Waals surface area contributed by atoms with Gasteiger partial charge in [0.15, 0.2) is 17.5 Å². The Labute approximate surface area is 397 Å². The Kier molecular flexibility index (Phi) is 9.66. The number of thiophene rings is 1. The van der Waals surface area contributed by atoms with E-state index in [0.717, 1.165) is 55.8 Å². The summed E-state index contributed by atoms with van der Waals surface area (Å²) in [6, 6.07) is 86.5. The van der Waals surface area contributed by atoms with E-state index in [0.29, 0.717) is 17.5 Å². The van der Waals surface area contributed by atoms with Crippen molar-refractivity contribution in [1.82, 2.24) is 19.5 Å². The summed E-state index contributed by atoms with van der Waals surface area (Å²) >= 11 is 1.84. The fraction of sp³-hybridized carbons (Fsp3) is 0. The first kappa shape index (κ1) is 39.6. The van der Waals surface area contributed by atoms with Gasteiger partial charge >= 0.3 is 0 Å². The molecule has 0 saturated heterocycles. The quantitative estimate of drug-likeness (QED) is 0.153. The van der Waals surface area contributed by atoms with Crippen molar-refractivity contribution in [3.8, 4) is 84.4 Å². The summed E-state index contributed by atoms with van der Waals surface area (Å²) in [6.45, 7) is 0. The fourth-order valence-corrected chi connectivity index (χ4v) is 10.9. The van der Waals surface area contributed by atoms with Gasteiger partial charge in [-0.15, -0.1) is 11.3 Å². The predicted molar refractivity (Wildman–Crippen MR) is 285 cm³/mol. The summed E-state index contributed by atoms with van der Waals surface area (Å²) in [7, 11) is 0. The number of aromatic nitrogens is 4. The summed E-state index contributed by atoms with van der Waals surface area (Å²) in [5.74, 6) is 1.87. The molecule has 0 spiro atoms. The number of rotatable bonds is 8. The Balaban J connectivity index is 1.03. The van der Waals surface area contributed by atoms with Crippen molar-refractivity contribution in [1.29, 1.82) is 0 Å². The van der Waals surface area contributed by atoms with Gasteiger partial charge in [0.05, 0.1) is 11.0 Å². The molecule has 0 saturated carbocycles. The molecule has 0 N–H and O–H groups in total. The Bertz CT molecular complexity index is 3880. The van der Waals surface area contributed by atoms with Crippen LogP contribution in [0.1, 0.15) is 0 Å². The largest absolute Gasteiger partial charge is 0.309 e. The second-order valence-electron chi connectivity index (χ2n) is 17.2. The van der Waals surface area contributed by atoms with Crippen LogP contribution < -0.4 is 0 Å². The molecular weight excluding hydrogens is 845 g/mol. The number of benzene rings is 10. The van der Waals surface area contributed by atoms with E-state index >= 15 is 0 Å². The minimum Gasteiger partial charge on any atom is -0.309 e. The molecule has 13 rings (SSSR count). The minimum atomic E-state index is 0.615. The fourth-order valence-electron chi connectivity index (χ4n) is 9.74. The second kappa shape index (κ2) is 16.6. The maximum atomic E-state index is 5.31. The predicted octanol–water partition coefficient (Wildman–Crippen LogP) is 17.0. The Hall–Kier alpha value is -8.77. The van der Waals surface area contributed by atoms with Crippen molar-refractivity contribution >= 4 is 53.3 Å². The standard InChI is InChI=1S/C63H40N4S/c1-6-18-41(19-7-1)47-34-48(42-20-8-2-9-21-42)36-49(35-47)45-30-32-51(56(37-45)63-65-61(43-22-10-3-11-23-43)64-62(66-63)44-24-12-4-13-25-44)46-31-33-53-55-39-54-52-28-16-17-29-57(52)67(50-26-14-5-15-27-50)58(54)40-60(55)68-59(53)38-46/h1-40H.